The van der Waals surface area contributed by atoms with Crippen LogP contribution in [0.5, 0.6) is 0 Å². The van der Waals surface area contributed by atoms with Crippen LogP contribution >= 0.6 is 0 Å². The highest BCUT2D eigenvalue weighted by molar-refractivity contribution is 5.75. The molecule has 3 heteroatoms. The van der Waals surface area contributed by atoms with Gasteiger partial charge in [0.25, 0.3) is 0 Å². The van der Waals surface area contributed by atoms with Crippen molar-refractivity contribution in [1.29, 1.82) is 0 Å². The minimum Gasteiger partial charge on any atom is -0.376 e. The first-order valence-electron chi connectivity index (χ1n) is 6.37. The molecule has 1 fully saturated rings. The first-order valence-corrected chi connectivity index (χ1v) is 6.37. The Hall–Kier alpha value is -0.410. The lowest BCUT2D eigenvalue weighted by molar-refractivity contribution is -0.119. The number of ether oxygens (including phenoxy) is 1. The largest absolute Gasteiger partial charge is 0.376 e. The van der Waals surface area contributed by atoms with Crippen molar-refractivity contribution in [2.24, 2.45) is 0 Å². The van der Waals surface area contributed by atoms with E-state index in [9.17, 15) is 4.79 Å². The lowest BCUT2D eigenvalue weighted by atomic mass is 10.2. The molecule has 1 heterocycles. The van der Waals surface area contributed by atoms with E-state index in [0.29, 0.717) is 18.5 Å². The predicted molar refractivity (Wildman–Crippen MR) is 65.6 cm³/mol. The topological polar surface area (TPSA) is 29.5 Å². The van der Waals surface area contributed by atoms with Crippen LogP contribution in [0.2, 0.25) is 0 Å². The average molecular weight is 227 g/mol. The van der Waals surface area contributed by atoms with Gasteiger partial charge in [-0.15, -0.1) is 0 Å². The zero-order valence-corrected chi connectivity index (χ0v) is 11.0. The van der Waals surface area contributed by atoms with E-state index >= 15 is 0 Å². The number of likely N-dealkylation sites (tertiary alicyclic amines) is 1. The third kappa shape index (κ3) is 4.22. The third-order valence-electron chi connectivity index (χ3n) is 3.23. The molecule has 0 spiro atoms. The number of nitrogens with zero attached hydrogens (tertiary/aromatic N) is 1. The molecule has 0 radical (unpaired) electrons. The van der Waals surface area contributed by atoms with Crippen molar-refractivity contribution in [3.8, 4) is 0 Å². The summed E-state index contributed by atoms with van der Waals surface area (Å²) in [6.07, 6.45) is 3.10. The van der Waals surface area contributed by atoms with Crippen molar-refractivity contribution in [3.63, 3.8) is 0 Å². The van der Waals surface area contributed by atoms with E-state index in [1.54, 1.807) is 6.92 Å². The van der Waals surface area contributed by atoms with Gasteiger partial charge in [0.15, 0.2) is 0 Å². The summed E-state index contributed by atoms with van der Waals surface area (Å²) in [5, 5.41) is 0. The molecular formula is C13H25NO2. The number of carbonyl (C=O) groups is 1. The maximum absolute atomic E-state index is 10.9. The Morgan fingerprint density at radius 3 is 2.69 bits per heavy atom. The van der Waals surface area contributed by atoms with Gasteiger partial charge in [-0.2, -0.15) is 0 Å². The highest BCUT2D eigenvalue weighted by atomic mass is 16.5. The number of Topliss-reactive ketones (excluding diaryl/α,β-unsaturated/α-hetero) is 1. The molecule has 0 bridgehead atoms. The summed E-state index contributed by atoms with van der Waals surface area (Å²) in [7, 11) is 0. The summed E-state index contributed by atoms with van der Waals surface area (Å²) >= 11 is 0. The minimum atomic E-state index is 0.0621. The van der Waals surface area contributed by atoms with E-state index in [-0.39, 0.29) is 11.9 Å². The van der Waals surface area contributed by atoms with E-state index < -0.39 is 0 Å². The maximum atomic E-state index is 10.9. The smallest absolute Gasteiger partial charge is 0.132 e. The van der Waals surface area contributed by atoms with Gasteiger partial charge in [0.2, 0.25) is 0 Å². The highest BCUT2D eigenvalue weighted by Gasteiger charge is 2.26. The summed E-state index contributed by atoms with van der Waals surface area (Å²) in [5.41, 5.74) is 0. The standard InChI is InChI=1S/C13H25NO2/c1-10(2)14-7-5-6-13(14)9-16-12(4)8-11(3)15/h10,12-13H,5-9H2,1-4H3/t12?,13-/m0/s1. The van der Waals surface area contributed by atoms with Gasteiger partial charge in [-0.3, -0.25) is 9.69 Å². The second kappa shape index (κ2) is 6.36. The molecule has 0 aromatic rings. The third-order valence-corrected chi connectivity index (χ3v) is 3.23. The average Bonchev–Trinajstić information content (AvgIpc) is 2.61. The Labute approximate surface area is 99.1 Å². The fourth-order valence-corrected chi connectivity index (χ4v) is 2.46. The molecule has 0 aromatic heterocycles. The van der Waals surface area contributed by atoms with Gasteiger partial charge in [-0.05, 0) is 47.1 Å². The second-order valence-electron chi connectivity index (χ2n) is 5.18. The van der Waals surface area contributed by atoms with Crippen molar-refractivity contribution >= 4 is 5.78 Å². The molecule has 1 aliphatic heterocycles. The molecule has 1 unspecified atom stereocenters. The zero-order chi connectivity index (χ0) is 12.1. The van der Waals surface area contributed by atoms with E-state index in [1.807, 2.05) is 6.92 Å². The molecule has 0 amide bonds. The monoisotopic (exact) mass is 227 g/mol. The number of rotatable bonds is 6. The Morgan fingerprint density at radius 2 is 2.12 bits per heavy atom. The molecule has 1 rings (SSSR count). The van der Waals surface area contributed by atoms with Crippen LogP contribution < -0.4 is 0 Å². The van der Waals surface area contributed by atoms with Crippen LogP contribution in [0.4, 0.5) is 0 Å². The molecule has 3 nitrogen and oxygen atoms in total. The fraction of sp³-hybridized carbons (Fsp3) is 0.923. The predicted octanol–water partition coefficient (Wildman–Crippen LogP) is 2.24. The summed E-state index contributed by atoms with van der Waals surface area (Å²) in [6, 6.07) is 1.15. The van der Waals surface area contributed by atoms with Crippen LogP contribution in [0.3, 0.4) is 0 Å². The van der Waals surface area contributed by atoms with E-state index in [1.165, 1.54) is 19.4 Å². The van der Waals surface area contributed by atoms with Crippen LogP contribution in [0.1, 0.15) is 47.0 Å². The van der Waals surface area contributed by atoms with Crippen molar-refractivity contribution in [2.75, 3.05) is 13.2 Å². The number of hydrogen-bond donors (Lipinski definition) is 0. The van der Waals surface area contributed by atoms with Crippen molar-refractivity contribution in [1.82, 2.24) is 4.90 Å². The Kier molecular flexibility index (Phi) is 5.42. The van der Waals surface area contributed by atoms with Crippen molar-refractivity contribution in [2.45, 2.75) is 65.1 Å². The minimum absolute atomic E-state index is 0.0621. The number of carbonyl (C=O) groups excluding carboxylic acids is 1. The van der Waals surface area contributed by atoms with E-state index in [4.69, 9.17) is 4.74 Å². The Balaban J connectivity index is 2.28. The van der Waals surface area contributed by atoms with Crippen LogP contribution in [0.25, 0.3) is 0 Å². The molecular weight excluding hydrogens is 202 g/mol. The zero-order valence-electron chi connectivity index (χ0n) is 11.0. The highest BCUT2D eigenvalue weighted by Crippen LogP contribution is 2.20. The van der Waals surface area contributed by atoms with Gasteiger partial charge in [-0.25, -0.2) is 0 Å². The van der Waals surface area contributed by atoms with Gasteiger partial charge in [0.1, 0.15) is 5.78 Å². The van der Waals surface area contributed by atoms with Crippen molar-refractivity contribution in [3.05, 3.63) is 0 Å². The first kappa shape index (κ1) is 13.7. The molecule has 16 heavy (non-hydrogen) atoms. The molecule has 2 atom stereocenters. The van der Waals surface area contributed by atoms with Gasteiger partial charge < -0.3 is 4.74 Å². The van der Waals surface area contributed by atoms with Gasteiger partial charge >= 0.3 is 0 Å². The molecule has 1 aliphatic rings. The second-order valence-corrected chi connectivity index (χ2v) is 5.18. The van der Waals surface area contributed by atoms with Crippen LogP contribution in [0, 0.1) is 0 Å². The van der Waals surface area contributed by atoms with E-state index in [0.717, 1.165) is 6.61 Å². The van der Waals surface area contributed by atoms with E-state index in [2.05, 4.69) is 18.7 Å². The summed E-state index contributed by atoms with van der Waals surface area (Å²) in [4.78, 5) is 13.4. The maximum Gasteiger partial charge on any atom is 0.132 e. The van der Waals surface area contributed by atoms with Crippen molar-refractivity contribution < 1.29 is 9.53 Å². The normalized spacial score (nSPS) is 23.9. The van der Waals surface area contributed by atoms with Gasteiger partial charge in [0.05, 0.1) is 12.7 Å². The molecule has 0 N–H and O–H groups in total. The van der Waals surface area contributed by atoms with Crippen LogP contribution in [-0.2, 0) is 9.53 Å². The first-order chi connectivity index (χ1) is 7.50. The summed E-state index contributed by atoms with van der Waals surface area (Å²) in [5.74, 6) is 0.208. The molecule has 0 saturated carbocycles. The summed E-state index contributed by atoms with van der Waals surface area (Å²) in [6.45, 7) is 10.0. The molecule has 1 saturated heterocycles. The summed E-state index contributed by atoms with van der Waals surface area (Å²) < 4.78 is 5.75. The van der Waals surface area contributed by atoms with Crippen LogP contribution in [-0.4, -0.2) is 42.0 Å². The lowest BCUT2D eigenvalue weighted by Gasteiger charge is -2.28. The Bertz CT molecular complexity index is 228. The fourth-order valence-electron chi connectivity index (χ4n) is 2.46. The van der Waals surface area contributed by atoms with Crippen LogP contribution in [0.15, 0.2) is 0 Å². The Morgan fingerprint density at radius 1 is 1.44 bits per heavy atom. The molecule has 0 aliphatic carbocycles. The van der Waals surface area contributed by atoms with Gasteiger partial charge in [0, 0.05) is 18.5 Å². The van der Waals surface area contributed by atoms with Gasteiger partial charge in [-0.1, -0.05) is 0 Å². The molecule has 94 valence electrons. The number of ketones is 1. The lowest BCUT2D eigenvalue weighted by Crippen LogP contribution is -2.39. The number of hydrogen-bond acceptors (Lipinski definition) is 3. The molecule has 0 aromatic carbocycles. The SMILES string of the molecule is CC(=O)CC(C)OC[C@@H]1CCCN1C(C)C. The quantitative estimate of drug-likeness (QED) is 0.697.